The third-order valence-corrected chi connectivity index (χ3v) is 3.72. The number of nitrogens with zero attached hydrogens (tertiary/aromatic N) is 1. The van der Waals surface area contributed by atoms with E-state index in [9.17, 15) is 4.79 Å². The predicted molar refractivity (Wildman–Crippen MR) is 91.3 cm³/mol. The van der Waals surface area contributed by atoms with Crippen LogP contribution in [-0.2, 0) is 9.53 Å². The number of hydrogen-bond donors (Lipinski definition) is 0. The van der Waals surface area contributed by atoms with Crippen molar-refractivity contribution in [3.8, 4) is 11.5 Å². The van der Waals surface area contributed by atoms with Crippen LogP contribution >= 0.6 is 0 Å². The van der Waals surface area contributed by atoms with Gasteiger partial charge in [-0.25, -0.2) is 9.79 Å². The zero-order chi connectivity index (χ0) is 17.1. The molecule has 0 saturated carbocycles. The second-order valence-electron chi connectivity index (χ2n) is 5.23. The first kappa shape index (κ1) is 15.8. The molecule has 0 spiro atoms. The smallest absolute Gasteiger partial charge is 0.363 e. The van der Waals surface area contributed by atoms with E-state index in [0.29, 0.717) is 23.0 Å². The van der Waals surface area contributed by atoms with Crippen LogP contribution in [0.1, 0.15) is 16.7 Å². The number of aliphatic imine (C=N–C) groups is 1. The second-order valence-corrected chi connectivity index (χ2v) is 5.23. The van der Waals surface area contributed by atoms with Gasteiger partial charge in [0.1, 0.15) is 0 Å². The molecule has 5 heteroatoms. The number of carbonyl (C=O) groups is 1. The third-order valence-electron chi connectivity index (χ3n) is 3.72. The molecule has 2 aromatic carbocycles. The average Bonchev–Trinajstić information content (AvgIpc) is 2.95. The van der Waals surface area contributed by atoms with Crippen molar-refractivity contribution in [2.45, 2.75) is 6.92 Å². The highest BCUT2D eigenvalue weighted by molar-refractivity contribution is 6.13. The van der Waals surface area contributed by atoms with Gasteiger partial charge in [0.2, 0.25) is 5.90 Å². The van der Waals surface area contributed by atoms with E-state index in [1.807, 2.05) is 43.3 Å². The lowest BCUT2D eigenvalue weighted by Gasteiger charge is -2.09. The van der Waals surface area contributed by atoms with Crippen molar-refractivity contribution in [1.82, 2.24) is 0 Å². The molecule has 0 radical (unpaired) electrons. The van der Waals surface area contributed by atoms with Gasteiger partial charge in [-0.05, 0) is 30.7 Å². The van der Waals surface area contributed by atoms with Crippen molar-refractivity contribution in [3.63, 3.8) is 0 Å². The van der Waals surface area contributed by atoms with Crippen LogP contribution in [0.5, 0.6) is 11.5 Å². The summed E-state index contributed by atoms with van der Waals surface area (Å²) in [4.78, 5) is 16.5. The Bertz CT molecular complexity index is 852. The van der Waals surface area contributed by atoms with E-state index < -0.39 is 5.97 Å². The van der Waals surface area contributed by atoms with E-state index in [-0.39, 0.29) is 5.70 Å². The number of methoxy groups -OCH3 is 2. The van der Waals surface area contributed by atoms with Gasteiger partial charge in [0.05, 0.1) is 14.2 Å². The normalized spacial score (nSPS) is 15.2. The van der Waals surface area contributed by atoms with Gasteiger partial charge in [-0.1, -0.05) is 30.3 Å². The minimum absolute atomic E-state index is 0.222. The number of carbonyl (C=O) groups excluding carboxylic acids is 1. The summed E-state index contributed by atoms with van der Waals surface area (Å²) in [7, 11) is 3.11. The number of benzene rings is 2. The Kier molecular flexibility index (Phi) is 4.33. The van der Waals surface area contributed by atoms with Crippen LogP contribution in [0.3, 0.4) is 0 Å². The fourth-order valence-electron chi connectivity index (χ4n) is 2.51. The number of rotatable bonds is 4. The largest absolute Gasteiger partial charge is 0.493 e. The molecule has 2 aromatic rings. The van der Waals surface area contributed by atoms with Gasteiger partial charge >= 0.3 is 5.97 Å². The minimum Gasteiger partial charge on any atom is -0.493 e. The SMILES string of the molecule is COc1cccc(C=C2N=C(c3ccccc3C)OC2=O)c1OC. The molecule has 0 fully saturated rings. The van der Waals surface area contributed by atoms with Crippen LogP contribution in [0.2, 0.25) is 0 Å². The first-order valence-electron chi connectivity index (χ1n) is 7.43. The van der Waals surface area contributed by atoms with E-state index in [1.165, 1.54) is 0 Å². The molecule has 0 N–H and O–H groups in total. The van der Waals surface area contributed by atoms with Crippen LogP contribution in [0.15, 0.2) is 53.2 Å². The van der Waals surface area contributed by atoms with Crippen molar-refractivity contribution in [1.29, 1.82) is 0 Å². The number of hydrogen-bond acceptors (Lipinski definition) is 5. The van der Waals surface area contributed by atoms with Crippen LogP contribution in [-0.4, -0.2) is 26.1 Å². The maximum atomic E-state index is 12.2. The molecule has 0 aromatic heterocycles. The van der Waals surface area contributed by atoms with Crippen molar-refractivity contribution < 1.29 is 19.0 Å². The molecule has 122 valence electrons. The third kappa shape index (κ3) is 2.88. The zero-order valence-corrected chi connectivity index (χ0v) is 13.7. The predicted octanol–water partition coefficient (Wildman–Crippen LogP) is 3.36. The monoisotopic (exact) mass is 323 g/mol. The van der Waals surface area contributed by atoms with Gasteiger partial charge in [-0.2, -0.15) is 0 Å². The molecule has 24 heavy (non-hydrogen) atoms. The standard InChI is InChI=1S/C19H17NO4/c1-12-7-4-5-9-14(12)18-20-15(19(21)24-18)11-13-8-6-10-16(22-2)17(13)23-3/h4-11H,1-3H3. The molecule has 0 atom stereocenters. The molecule has 0 amide bonds. The second kappa shape index (κ2) is 6.58. The van der Waals surface area contributed by atoms with Crippen LogP contribution in [0, 0.1) is 6.92 Å². The Morgan fingerprint density at radius 1 is 1.04 bits per heavy atom. The summed E-state index contributed by atoms with van der Waals surface area (Å²) < 4.78 is 16.0. The molecule has 0 saturated heterocycles. The molecule has 0 unspecified atom stereocenters. The fourth-order valence-corrected chi connectivity index (χ4v) is 2.51. The summed E-state index contributed by atoms with van der Waals surface area (Å²) in [6.45, 7) is 1.94. The quantitative estimate of drug-likeness (QED) is 0.639. The Hall–Kier alpha value is -3.08. The van der Waals surface area contributed by atoms with E-state index in [1.54, 1.807) is 26.4 Å². The van der Waals surface area contributed by atoms with Crippen molar-refractivity contribution in [2.75, 3.05) is 14.2 Å². The van der Waals surface area contributed by atoms with Gasteiger partial charge in [0.25, 0.3) is 0 Å². The topological polar surface area (TPSA) is 57.1 Å². The van der Waals surface area contributed by atoms with Crippen molar-refractivity contribution >= 4 is 17.9 Å². The maximum Gasteiger partial charge on any atom is 0.363 e. The van der Waals surface area contributed by atoms with E-state index in [0.717, 1.165) is 11.1 Å². The van der Waals surface area contributed by atoms with Gasteiger partial charge in [0.15, 0.2) is 17.2 Å². The number of ether oxygens (including phenoxy) is 3. The summed E-state index contributed by atoms with van der Waals surface area (Å²) in [5.41, 5.74) is 2.70. The first-order chi connectivity index (χ1) is 11.6. The Balaban J connectivity index is 2.03. The number of cyclic esters (lactones) is 1. The van der Waals surface area contributed by atoms with E-state index >= 15 is 0 Å². The maximum absolute atomic E-state index is 12.2. The van der Waals surface area contributed by atoms with E-state index in [4.69, 9.17) is 14.2 Å². The van der Waals surface area contributed by atoms with Gasteiger partial charge in [-0.3, -0.25) is 0 Å². The average molecular weight is 323 g/mol. The molecule has 1 aliphatic heterocycles. The zero-order valence-electron chi connectivity index (χ0n) is 13.7. The number of esters is 1. The molecule has 5 nitrogen and oxygen atoms in total. The van der Waals surface area contributed by atoms with E-state index in [2.05, 4.69) is 4.99 Å². The lowest BCUT2D eigenvalue weighted by atomic mass is 10.1. The fraction of sp³-hybridized carbons (Fsp3) is 0.158. The highest BCUT2D eigenvalue weighted by Crippen LogP contribution is 2.33. The van der Waals surface area contributed by atoms with Gasteiger partial charge in [0, 0.05) is 11.1 Å². The molecule has 0 aliphatic carbocycles. The summed E-state index contributed by atoms with van der Waals surface area (Å²) >= 11 is 0. The van der Waals surface area contributed by atoms with Gasteiger partial charge in [-0.15, -0.1) is 0 Å². The molecule has 3 rings (SSSR count). The minimum atomic E-state index is -0.488. The molecular formula is C19H17NO4. The Morgan fingerprint density at radius 2 is 1.83 bits per heavy atom. The van der Waals surface area contributed by atoms with Crippen LogP contribution < -0.4 is 9.47 Å². The van der Waals surface area contributed by atoms with Crippen LogP contribution in [0.25, 0.3) is 6.08 Å². The highest BCUT2D eigenvalue weighted by atomic mass is 16.6. The number of para-hydroxylation sites is 1. The Morgan fingerprint density at radius 3 is 2.54 bits per heavy atom. The summed E-state index contributed by atoms with van der Waals surface area (Å²) in [6.07, 6.45) is 1.63. The van der Waals surface area contributed by atoms with Gasteiger partial charge < -0.3 is 14.2 Å². The molecule has 1 aliphatic rings. The van der Waals surface area contributed by atoms with Crippen LogP contribution in [0.4, 0.5) is 0 Å². The molecular weight excluding hydrogens is 306 g/mol. The summed E-state index contributed by atoms with van der Waals surface area (Å²) in [5.74, 6) is 0.950. The highest BCUT2D eigenvalue weighted by Gasteiger charge is 2.25. The first-order valence-corrected chi connectivity index (χ1v) is 7.43. The lowest BCUT2D eigenvalue weighted by molar-refractivity contribution is -0.129. The molecule has 0 bridgehead atoms. The van der Waals surface area contributed by atoms with Crippen molar-refractivity contribution in [2.24, 2.45) is 4.99 Å². The summed E-state index contributed by atoms with van der Waals surface area (Å²) in [6, 6.07) is 13.0. The molecule has 1 heterocycles. The Labute approximate surface area is 140 Å². The number of aryl methyl sites for hydroxylation is 1. The van der Waals surface area contributed by atoms with Crippen molar-refractivity contribution in [3.05, 3.63) is 64.9 Å². The lowest BCUT2D eigenvalue weighted by Crippen LogP contribution is -2.06. The summed E-state index contributed by atoms with van der Waals surface area (Å²) in [5, 5.41) is 0.